The standard InChI is InChI=1S/C20H21N/c1-14(2)12-18-16(4)21(17-8-6-5-7-9-17)20-11-10-15(3)13-19(18)20/h5-13H,1-4H3. The lowest BCUT2D eigenvalue weighted by Crippen LogP contribution is -1.96. The molecule has 3 aromatic rings. The minimum Gasteiger partial charge on any atom is -0.313 e. The molecule has 0 aliphatic rings. The molecule has 0 spiro atoms. The molecule has 106 valence electrons. The van der Waals surface area contributed by atoms with Crippen molar-refractivity contribution in [2.75, 3.05) is 0 Å². The molecule has 0 saturated heterocycles. The van der Waals surface area contributed by atoms with Crippen LogP contribution in [0, 0.1) is 13.8 Å². The number of fused-ring (bicyclic) bond motifs is 1. The zero-order chi connectivity index (χ0) is 15.0. The largest absolute Gasteiger partial charge is 0.313 e. The van der Waals surface area contributed by atoms with Gasteiger partial charge in [0.1, 0.15) is 0 Å². The van der Waals surface area contributed by atoms with E-state index in [0.29, 0.717) is 0 Å². The second-order valence-corrected chi connectivity index (χ2v) is 5.91. The number of aryl methyl sites for hydroxylation is 1. The molecule has 0 amide bonds. The molecule has 1 heteroatoms. The van der Waals surface area contributed by atoms with E-state index < -0.39 is 0 Å². The topological polar surface area (TPSA) is 4.93 Å². The maximum absolute atomic E-state index is 2.35. The van der Waals surface area contributed by atoms with E-state index in [1.54, 1.807) is 0 Å². The lowest BCUT2D eigenvalue weighted by atomic mass is 10.1. The summed E-state index contributed by atoms with van der Waals surface area (Å²) in [5, 5.41) is 1.33. The fraction of sp³-hybridized carbons (Fsp3) is 0.200. The molecule has 0 aliphatic heterocycles. The second kappa shape index (κ2) is 5.25. The van der Waals surface area contributed by atoms with Crippen molar-refractivity contribution in [2.45, 2.75) is 27.7 Å². The Labute approximate surface area is 126 Å². The summed E-state index contributed by atoms with van der Waals surface area (Å²) in [6.07, 6.45) is 2.29. The first-order chi connectivity index (χ1) is 10.1. The van der Waals surface area contributed by atoms with Crippen LogP contribution in [0.1, 0.15) is 30.7 Å². The summed E-state index contributed by atoms with van der Waals surface area (Å²) in [6, 6.07) is 17.3. The Hall–Kier alpha value is -2.28. The van der Waals surface area contributed by atoms with E-state index >= 15 is 0 Å². The van der Waals surface area contributed by atoms with Crippen molar-refractivity contribution in [3.8, 4) is 5.69 Å². The van der Waals surface area contributed by atoms with Crippen molar-refractivity contribution in [3.63, 3.8) is 0 Å². The van der Waals surface area contributed by atoms with Crippen LogP contribution >= 0.6 is 0 Å². The lowest BCUT2D eigenvalue weighted by Gasteiger charge is -2.08. The zero-order valence-electron chi connectivity index (χ0n) is 13.1. The number of para-hydroxylation sites is 1. The third kappa shape index (κ3) is 2.40. The zero-order valence-corrected chi connectivity index (χ0v) is 13.1. The van der Waals surface area contributed by atoms with Gasteiger partial charge in [-0.05, 0) is 52.0 Å². The van der Waals surface area contributed by atoms with Crippen molar-refractivity contribution in [2.24, 2.45) is 0 Å². The van der Waals surface area contributed by atoms with E-state index in [4.69, 9.17) is 0 Å². The Kier molecular flexibility index (Phi) is 3.42. The Bertz CT molecular complexity index is 816. The highest BCUT2D eigenvalue weighted by Gasteiger charge is 2.13. The van der Waals surface area contributed by atoms with E-state index in [-0.39, 0.29) is 0 Å². The molecule has 0 aliphatic carbocycles. The highest BCUT2D eigenvalue weighted by Crippen LogP contribution is 2.31. The SMILES string of the molecule is CC(C)=Cc1c(C)n(-c2ccccc2)c2ccc(C)cc12. The van der Waals surface area contributed by atoms with Crippen LogP contribution in [-0.4, -0.2) is 4.57 Å². The fourth-order valence-electron chi connectivity index (χ4n) is 2.94. The second-order valence-electron chi connectivity index (χ2n) is 5.91. The van der Waals surface area contributed by atoms with Gasteiger partial charge < -0.3 is 4.57 Å². The third-order valence-electron chi connectivity index (χ3n) is 3.86. The number of rotatable bonds is 2. The van der Waals surface area contributed by atoms with E-state index in [0.717, 1.165) is 0 Å². The first-order valence-electron chi connectivity index (χ1n) is 7.40. The Morgan fingerprint density at radius 3 is 2.33 bits per heavy atom. The molecule has 1 heterocycles. The summed E-state index contributed by atoms with van der Waals surface area (Å²) in [6.45, 7) is 8.67. The predicted molar refractivity (Wildman–Crippen MR) is 92.1 cm³/mol. The first-order valence-corrected chi connectivity index (χ1v) is 7.40. The molecular weight excluding hydrogens is 254 g/mol. The molecule has 1 aromatic heterocycles. The van der Waals surface area contributed by atoms with Crippen LogP contribution in [-0.2, 0) is 0 Å². The average Bonchev–Trinajstić information content (AvgIpc) is 2.72. The van der Waals surface area contributed by atoms with Crippen LogP contribution < -0.4 is 0 Å². The summed E-state index contributed by atoms with van der Waals surface area (Å²) in [4.78, 5) is 0. The molecule has 3 rings (SSSR count). The molecule has 1 nitrogen and oxygen atoms in total. The van der Waals surface area contributed by atoms with Gasteiger partial charge in [-0.15, -0.1) is 0 Å². The normalized spacial score (nSPS) is 10.9. The quantitative estimate of drug-likeness (QED) is 0.568. The van der Waals surface area contributed by atoms with E-state index in [2.05, 4.69) is 86.9 Å². The van der Waals surface area contributed by atoms with Crippen LogP contribution in [0.3, 0.4) is 0 Å². The number of benzene rings is 2. The molecule has 0 radical (unpaired) electrons. The molecule has 0 atom stereocenters. The Balaban J connectivity index is 2.41. The third-order valence-corrected chi connectivity index (χ3v) is 3.86. The molecule has 0 bridgehead atoms. The van der Waals surface area contributed by atoms with E-state index in [1.807, 2.05) is 0 Å². The highest BCUT2D eigenvalue weighted by molar-refractivity contribution is 5.93. The maximum Gasteiger partial charge on any atom is 0.0537 e. The van der Waals surface area contributed by atoms with Crippen molar-refractivity contribution >= 4 is 17.0 Å². The van der Waals surface area contributed by atoms with Crippen molar-refractivity contribution in [3.05, 3.63) is 70.9 Å². The first kappa shape index (κ1) is 13.7. The van der Waals surface area contributed by atoms with Gasteiger partial charge in [-0.1, -0.05) is 41.5 Å². The van der Waals surface area contributed by atoms with Crippen LogP contribution in [0.25, 0.3) is 22.7 Å². The number of hydrogen-bond acceptors (Lipinski definition) is 0. The number of allylic oxidation sites excluding steroid dienone is 1. The minimum absolute atomic E-state index is 1.22. The Morgan fingerprint density at radius 2 is 1.67 bits per heavy atom. The van der Waals surface area contributed by atoms with Gasteiger partial charge in [-0.3, -0.25) is 0 Å². The van der Waals surface area contributed by atoms with Crippen LogP contribution in [0.4, 0.5) is 0 Å². The van der Waals surface area contributed by atoms with Crippen LogP contribution in [0.5, 0.6) is 0 Å². The van der Waals surface area contributed by atoms with Gasteiger partial charge in [-0.25, -0.2) is 0 Å². The summed E-state index contributed by atoms with van der Waals surface area (Å²) in [5.41, 5.74) is 7.75. The summed E-state index contributed by atoms with van der Waals surface area (Å²) >= 11 is 0. The molecule has 0 unspecified atom stereocenters. The molecule has 0 N–H and O–H groups in total. The predicted octanol–water partition coefficient (Wildman–Crippen LogP) is 5.67. The average molecular weight is 275 g/mol. The highest BCUT2D eigenvalue weighted by atomic mass is 15.0. The molecule has 0 saturated carbocycles. The smallest absolute Gasteiger partial charge is 0.0537 e. The van der Waals surface area contributed by atoms with Gasteiger partial charge in [-0.2, -0.15) is 0 Å². The van der Waals surface area contributed by atoms with Crippen LogP contribution in [0.2, 0.25) is 0 Å². The van der Waals surface area contributed by atoms with Crippen molar-refractivity contribution in [1.82, 2.24) is 4.57 Å². The number of aromatic nitrogens is 1. The van der Waals surface area contributed by atoms with Gasteiger partial charge in [0.2, 0.25) is 0 Å². The monoisotopic (exact) mass is 275 g/mol. The minimum atomic E-state index is 1.22. The molecule has 2 aromatic carbocycles. The maximum atomic E-state index is 2.35. The van der Waals surface area contributed by atoms with E-state index in [1.165, 1.54) is 39.0 Å². The summed E-state index contributed by atoms with van der Waals surface area (Å²) in [7, 11) is 0. The summed E-state index contributed by atoms with van der Waals surface area (Å²) in [5.74, 6) is 0. The lowest BCUT2D eigenvalue weighted by molar-refractivity contribution is 1.05. The van der Waals surface area contributed by atoms with Gasteiger partial charge in [0.05, 0.1) is 5.52 Å². The van der Waals surface area contributed by atoms with Crippen molar-refractivity contribution < 1.29 is 0 Å². The summed E-state index contributed by atoms with van der Waals surface area (Å²) < 4.78 is 2.35. The molecule has 0 fully saturated rings. The fourth-order valence-corrected chi connectivity index (χ4v) is 2.94. The van der Waals surface area contributed by atoms with Gasteiger partial charge in [0.15, 0.2) is 0 Å². The van der Waals surface area contributed by atoms with Gasteiger partial charge >= 0.3 is 0 Å². The number of hydrogen-bond donors (Lipinski definition) is 0. The van der Waals surface area contributed by atoms with Crippen molar-refractivity contribution in [1.29, 1.82) is 0 Å². The van der Waals surface area contributed by atoms with Gasteiger partial charge in [0.25, 0.3) is 0 Å². The number of nitrogens with zero attached hydrogens (tertiary/aromatic N) is 1. The molecular formula is C20H21N. The Morgan fingerprint density at radius 1 is 0.952 bits per heavy atom. The van der Waals surface area contributed by atoms with E-state index in [9.17, 15) is 0 Å². The molecule has 21 heavy (non-hydrogen) atoms. The van der Waals surface area contributed by atoms with Crippen LogP contribution in [0.15, 0.2) is 54.1 Å². The van der Waals surface area contributed by atoms with Gasteiger partial charge in [0, 0.05) is 22.3 Å².